The molecule has 1 aliphatic heterocycles. The largest absolute Gasteiger partial charge is 0.305 e. The first-order valence-electron chi connectivity index (χ1n) is 5.17. The topological polar surface area (TPSA) is 6.48 Å². The number of rotatable bonds is 3. The molecule has 0 aromatic heterocycles. The summed E-state index contributed by atoms with van der Waals surface area (Å²) in [4.78, 5) is 4.93. The summed E-state index contributed by atoms with van der Waals surface area (Å²) >= 11 is 0. The Morgan fingerprint density at radius 2 is 2.08 bits per heavy atom. The number of likely N-dealkylation sites (N-methyl/N-ethyl adjacent to an activating group) is 1. The van der Waals surface area contributed by atoms with E-state index in [-0.39, 0.29) is 0 Å². The van der Waals surface area contributed by atoms with Crippen molar-refractivity contribution in [2.24, 2.45) is 0 Å². The number of hydrogen-bond donors (Lipinski definition) is 0. The highest BCUT2D eigenvalue weighted by atomic mass is 15.2. The summed E-state index contributed by atoms with van der Waals surface area (Å²) in [5, 5.41) is 0. The van der Waals surface area contributed by atoms with E-state index >= 15 is 0 Å². The number of nitrogens with zero attached hydrogens (tertiary/aromatic N) is 2. The van der Waals surface area contributed by atoms with E-state index in [2.05, 4.69) is 22.8 Å². The second-order valence-corrected chi connectivity index (χ2v) is 3.81. The molecule has 2 nitrogen and oxygen atoms in total. The van der Waals surface area contributed by atoms with E-state index < -0.39 is 0 Å². The van der Waals surface area contributed by atoms with Crippen LogP contribution in [0.25, 0.3) is 0 Å². The maximum absolute atomic E-state index is 5.22. The summed E-state index contributed by atoms with van der Waals surface area (Å²) < 4.78 is 0. The molecule has 0 amide bonds. The Morgan fingerprint density at radius 3 is 2.85 bits per heavy atom. The summed E-state index contributed by atoms with van der Waals surface area (Å²) in [6.07, 6.45) is 8.59. The lowest BCUT2D eigenvalue weighted by atomic mass is 10.3. The third-order valence-corrected chi connectivity index (χ3v) is 2.61. The monoisotopic (exact) mass is 180 g/mol. The molecule has 0 N–H and O–H groups in total. The van der Waals surface area contributed by atoms with Crippen LogP contribution in [0, 0.1) is 12.3 Å². The lowest BCUT2D eigenvalue weighted by Gasteiger charge is -2.19. The molecule has 1 heterocycles. The molecule has 1 fully saturated rings. The summed E-state index contributed by atoms with van der Waals surface area (Å²) in [5.41, 5.74) is 0. The van der Waals surface area contributed by atoms with Crippen LogP contribution in [0.2, 0.25) is 0 Å². The van der Waals surface area contributed by atoms with Crippen molar-refractivity contribution in [3.8, 4) is 12.3 Å². The van der Waals surface area contributed by atoms with Gasteiger partial charge in [0.15, 0.2) is 0 Å². The molecule has 0 aromatic carbocycles. The van der Waals surface area contributed by atoms with Gasteiger partial charge in [-0.05, 0) is 39.5 Å². The molecule has 2 heteroatoms. The Labute approximate surface area is 81.9 Å². The first kappa shape index (κ1) is 10.6. The van der Waals surface area contributed by atoms with Crippen LogP contribution in [0.4, 0.5) is 0 Å². The molecule has 1 aliphatic rings. The number of hydrogen-bond acceptors (Lipinski definition) is 2. The van der Waals surface area contributed by atoms with Crippen LogP contribution in [0.3, 0.4) is 0 Å². The van der Waals surface area contributed by atoms with Crippen LogP contribution in [-0.2, 0) is 0 Å². The zero-order valence-corrected chi connectivity index (χ0v) is 8.63. The Kier molecular flexibility index (Phi) is 4.88. The van der Waals surface area contributed by atoms with E-state index in [4.69, 9.17) is 6.42 Å². The second kappa shape index (κ2) is 6.01. The molecule has 0 unspecified atom stereocenters. The molecule has 0 saturated carbocycles. The van der Waals surface area contributed by atoms with E-state index in [1.807, 2.05) is 0 Å². The molecule has 1 saturated heterocycles. The Hall–Kier alpha value is -0.520. The first-order chi connectivity index (χ1) is 6.33. The SMILES string of the molecule is C#CCCCN1CCCN(C)CC1. The standard InChI is InChI=1S/C11H20N2/c1-3-4-5-8-13-9-6-7-12(2)10-11-13/h1H,4-11H2,2H3. The lowest BCUT2D eigenvalue weighted by Crippen LogP contribution is -2.29. The number of unbranched alkanes of at least 4 members (excludes halogenated alkanes) is 1. The van der Waals surface area contributed by atoms with Crippen molar-refractivity contribution in [1.82, 2.24) is 9.80 Å². The van der Waals surface area contributed by atoms with Gasteiger partial charge in [-0.15, -0.1) is 12.3 Å². The smallest absolute Gasteiger partial charge is 0.0109 e. The van der Waals surface area contributed by atoms with Crippen LogP contribution in [-0.4, -0.2) is 49.6 Å². The van der Waals surface area contributed by atoms with Gasteiger partial charge in [0.05, 0.1) is 0 Å². The van der Waals surface area contributed by atoms with Crippen LogP contribution in [0.5, 0.6) is 0 Å². The molecule has 13 heavy (non-hydrogen) atoms. The third-order valence-electron chi connectivity index (χ3n) is 2.61. The van der Waals surface area contributed by atoms with Crippen molar-refractivity contribution in [1.29, 1.82) is 0 Å². The summed E-state index contributed by atoms with van der Waals surface area (Å²) in [5.74, 6) is 2.69. The predicted molar refractivity (Wildman–Crippen MR) is 56.6 cm³/mol. The van der Waals surface area contributed by atoms with Crippen LogP contribution < -0.4 is 0 Å². The van der Waals surface area contributed by atoms with Crippen LogP contribution in [0.15, 0.2) is 0 Å². The van der Waals surface area contributed by atoms with Crippen molar-refractivity contribution in [3.05, 3.63) is 0 Å². The molecular formula is C11H20N2. The molecule has 0 bridgehead atoms. The predicted octanol–water partition coefficient (Wildman–Crippen LogP) is 1.04. The van der Waals surface area contributed by atoms with Gasteiger partial charge in [-0.1, -0.05) is 0 Å². The molecule has 74 valence electrons. The fourth-order valence-electron chi connectivity index (χ4n) is 1.73. The highest BCUT2D eigenvalue weighted by Crippen LogP contribution is 2.02. The molecule has 0 spiro atoms. The van der Waals surface area contributed by atoms with E-state index in [1.165, 1.54) is 39.1 Å². The van der Waals surface area contributed by atoms with E-state index in [0.717, 1.165) is 12.8 Å². The zero-order chi connectivity index (χ0) is 9.52. The van der Waals surface area contributed by atoms with Crippen molar-refractivity contribution in [3.63, 3.8) is 0 Å². The maximum atomic E-state index is 5.22. The Bertz CT molecular complexity index is 171. The van der Waals surface area contributed by atoms with Crippen LogP contribution >= 0.6 is 0 Å². The summed E-state index contributed by atoms with van der Waals surface area (Å²) in [6, 6.07) is 0. The van der Waals surface area contributed by atoms with Gasteiger partial charge >= 0.3 is 0 Å². The van der Waals surface area contributed by atoms with Gasteiger partial charge in [-0.2, -0.15) is 0 Å². The summed E-state index contributed by atoms with van der Waals surface area (Å²) in [7, 11) is 2.20. The average molecular weight is 180 g/mol. The Morgan fingerprint density at radius 1 is 1.23 bits per heavy atom. The van der Waals surface area contributed by atoms with Gasteiger partial charge in [-0.25, -0.2) is 0 Å². The fraction of sp³-hybridized carbons (Fsp3) is 0.818. The second-order valence-electron chi connectivity index (χ2n) is 3.81. The minimum atomic E-state index is 0.923. The molecule has 0 radical (unpaired) electrons. The first-order valence-corrected chi connectivity index (χ1v) is 5.17. The zero-order valence-electron chi connectivity index (χ0n) is 8.63. The van der Waals surface area contributed by atoms with Crippen molar-refractivity contribution < 1.29 is 0 Å². The molecule has 0 atom stereocenters. The van der Waals surface area contributed by atoms with Crippen molar-refractivity contribution in [2.45, 2.75) is 19.3 Å². The van der Waals surface area contributed by atoms with Gasteiger partial charge in [0.25, 0.3) is 0 Å². The van der Waals surface area contributed by atoms with E-state index in [1.54, 1.807) is 0 Å². The van der Waals surface area contributed by atoms with E-state index in [0.29, 0.717) is 0 Å². The average Bonchev–Trinajstić information content (AvgIpc) is 2.32. The van der Waals surface area contributed by atoms with Crippen molar-refractivity contribution >= 4 is 0 Å². The van der Waals surface area contributed by atoms with Gasteiger partial charge in [-0.3, -0.25) is 0 Å². The summed E-state index contributed by atoms with van der Waals surface area (Å²) in [6.45, 7) is 6.08. The van der Waals surface area contributed by atoms with Crippen LogP contribution in [0.1, 0.15) is 19.3 Å². The van der Waals surface area contributed by atoms with Gasteiger partial charge in [0.1, 0.15) is 0 Å². The third kappa shape index (κ3) is 4.31. The molecular weight excluding hydrogens is 160 g/mol. The normalized spacial score (nSPS) is 20.9. The Balaban J connectivity index is 2.15. The van der Waals surface area contributed by atoms with Gasteiger partial charge in [0.2, 0.25) is 0 Å². The highest BCUT2D eigenvalue weighted by Gasteiger charge is 2.10. The fourth-order valence-corrected chi connectivity index (χ4v) is 1.73. The number of terminal acetylenes is 1. The molecule has 1 rings (SSSR count). The maximum Gasteiger partial charge on any atom is 0.0109 e. The highest BCUT2D eigenvalue weighted by molar-refractivity contribution is 4.83. The van der Waals surface area contributed by atoms with Gasteiger partial charge in [0, 0.05) is 19.5 Å². The quantitative estimate of drug-likeness (QED) is 0.473. The lowest BCUT2D eigenvalue weighted by molar-refractivity contribution is 0.274. The minimum Gasteiger partial charge on any atom is -0.305 e. The minimum absolute atomic E-state index is 0.923. The van der Waals surface area contributed by atoms with E-state index in [9.17, 15) is 0 Å². The van der Waals surface area contributed by atoms with Crippen molar-refractivity contribution in [2.75, 3.05) is 39.8 Å². The molecule has 0 aromatic rings. The van der Waals surface area contributed by atoms with Gasteiger partial charge < -0.3 is 9.80 Å². The molecule has 0 aliphatic carbocycles.